The number of hydrogen-bond donors (Lipinski definition) is 0. The molecule has 1 heterocycles. The van der Waals surface area contributed by atoms with Crippen molar-refractivity contribution >= 4 is 0 Å². The second kappa shape index (κ2) is 5.05. The monoisotopic (exact) mass is 238 g/mol. The van der Waals surface area contributed by atoms with Gasteiger partial charge < -0.3 is 9.47 Å². The molecule has 1 aliphatic rings. The molecule has 0 saturated carbocycles. The number of ether oxygens (including phenoxy) is 2. The minimum Gasteiger partial charge on any atom is -0.490 e. The van der Waals surface area contributed by atoms with Gasteiger partial charge in [0.25, 0.3) is 0 Å². The molecule has 0 saturated heterocycles. The third-order valence-corrected chi connectivity index (χ3v) is 3.03. The summed E-state index contributed by atoms with van der Waals surface area (Å²) < 4.78 is 24.3. The van der Waals surface area contributed by atoms with E-state index in [9.17, 15) is 4.39 Å². The van der Waals surface area contributed by atoms with Crippen molar-refractivity contribution in [3.05, 3.63) is 29.3 Å². The predicted octanol–water partition coefficient (Wildman–Crippen LogP) is 2.93. The Hall–Kier alpha value is -1.09. The SMILES string of the molecule is COCCCc1ccc2c(c1)CC(C)(F)CO2. The number of aryl methyl sites for hydroxylation is 1. The number of alkyl halides is 1. The molecule has 0 aromatic heterocycles. The molecular weight excluding hydrogens is 219 g/mol. The molecule has 17 heavy (non-hydrogen) atoms. The Morgan fingerprint density at radius 2 is 2.29 bits per heavy atom. The van der Waals surface area contributed by atoms with E-state index >= 15 is 0 Å². The average Bonchev–Trinajstić information content (AvgIpc) is 2.28. The van der Waals surface area contributed by atoms with E-state index in [1.165, 1.54) is 5.56 Å². The van der Waals surface area contributed by atoms with Gasteiger partial charge in [-0.3, -0.25) is 0 Å². The Morgan fingerprint density at radius 3 is 3.06 bits per heavy atom. The van der Waals surface area contributed by atoms with Crippen molar-refractivity contribution in [1.29, 1.82) is 0 Å². The Bertz CT molecular complexity index is 388. The van der Waals surface area contributed by atoms with Gasteiger partial charge in [-0.2, -0.15) is 0 Å². The summed E-state index contributed by atoms with van der Waals surface area (Å²) in [5.74, 6) is 0.829. The van der Waals surface area contributed by atoms with Crippen molar-refractivity contribution in [1.82, 2.24) is 0 Å². The first-order valence-corrected chi connectivity index (χ1v) is 6.03. The van der Waals surface area contributed by atoms with Crippen LogP contribution < -0.4 is 4.74 Å². The molecule has 3 heteroatoms. The Morgan fingerprint density at radius 1 is 1.47 bits per heavy atom. The van der Waals surface area contributed by atoms with Gasteiger partial charge in [0.15, 0.2) is 0 Å². The van der Waals surface area contributed by atoms with Crippen LogP contribution in [0.2, 0.25) is 0 Å². The van der Waals surface area contributed by atoms with Gasteiger partial charge in [0.05, 0.1) is 0 Å². The van der Waals surface area contributed by atoms with Crippen molar-refractivity contribution in [3.8, 4) is 5.75 Å². The molecule has 0 bridgehead atoms. The molecular formula is C14H19FO2. The number of hydrogen-bond acceptors (Lipinski definition) is 2. The summed E-state index contributed by atoms with van der Waals surface area (Å²) in [5, 5.41) is 0. The summed E-state index contributed by atoms with van der Waals surface area (Å²) in [5.41, 5.74) is 0.969. The topological polar surface area (TPSA) is 18.5 Å². The molecule has 1 aromatic rings. The molecule has 2 rings (SSSR count). The Balaban J connectivity index is 2.07. The van der Waals surface area contributed by atoms with E-state index in [2.05, 4.69) is 12.1 Å². The van der Waals surface area contributed by atoms with Crippen LogP contribution >= 0.6 is 0 Å². The fourth-order valence-electron chi connectivity index (χ4n) is 2.16. The van der Waals surface area contributed by atoms with E-state index in [1.54, 1.807) is 14.0 Å². The van der Waals surface area contributed by atoms with Crippen LogP contribution in [0.25, 0.3) is 0 Å². The van der Waals surface area contributed by atoms with Gasteiger partial charge in [0, 0.05) is 20.1 Å². The molecule has 1 atom stereocenters. The van der Waals surface area contributed by atoms with Crippen LogP contribution in [0.4, 0.5) is 4.39 Å². The lowest BCUT2D eigenvalue weighted by Gasteiger charge is -2.28. The highest BCUT2D eigenvalue weighted by Crippen LogP contribution is 2.32. The third kappa shape index (κ3) is 3.19. The van der Waals surface area contributed by atoms with Gasteiger partial charge in [-0.15, -0.1) is 0 Å². The normalized spacial score (nSPS) is 23.0. The lowest BCUT2D eigenvalue weighted by atomic mass is 9.93. The van der Waals surface area contributed by atoms with Crippen LogP contribution in [0, 0.1) is 0 Å². The highest BCUT2D eigenvalue weighted by molar-refractivity contribution is 5.40. The van der Waals surface area contributed by atoms with Gasteiger partial charge in [-0.05, 0) is 37.0 Å². The molecule has 94 valence electrons. The smallest absolute Gasteiger partial charge is 0.146 e. The van der Waals surface area contributed by atoms with Crippen LogP contribution in [0.3, 0.4) is 0 Å². The minimum absolute atomic E-state index is 0.156. The maximum Gasteiger partial charge on any atom is 0.146 e. The first-order chi connectivity index (χ1) is 8.11. The van der Waals surface area contributed by atoms with Crippen LogP contribution in [-0.4, -0.2) is 26.0 Å². The largest absolute Gasteiger partial charge is 0.490 e. The zero-order valence-electron chi connectivity index (χ0n) is 10.5. The van der Waals surface area contributed by atoms with E-state index in [0.717, 1.165) is 30.8 Å². The number of benzene rings is 1. The fraction of sp³-hybridized carbons (Fsp3) is 0.571. The quantitative estimate of drug-likeness (QED) is 0.751. The summed E-state index contributed by atoms with van der Waals surface area (Å²) in [6, 6.07) is 6.06. The first kappa shape index (κ1) is 12.4. The maximum atomic E-state index is 13.8. The predicted molar refractivity (Wildman–Crippen MR) is 65.4 cm³/mol. The van der Waals surface area contributed by atoms with E-state index in [0.29, 0.717) is 6.42 Å². The average molecular weight is 238 g/mol. The summed E-state index contributed by atoms with van der Waals surface area (Å²) in [7, 11) is 1.70. The summed E-state index contributed by atoms with van der Waals surface area (Å²) in [4.78, 5) is 0. The molecule has 0 aliphatic carbocycles. The summed E-state index contributed by atoms with van der Waals surface area (Å²) in [6.45, 7) is 2.50. The lowest BCUT2D eigenvalue weighted by molar-refractivity contribution is 0.0844. The molecule has 0 fully saturated rings. The molecule has 2 nitrogen and oxygen atoms in total. The molecule has 0 radical (unpaired) electrons. The number of rotatable bonds is 4. The van der Waals surface area contributed by atoms with Crippen molar-refractivity contribution < 1.29 is 13.9 Å². The maximum absolute atomic E-state index is 13.8. The van der Waals surface area contributed by atoms with Crippen LogP contribution in [-0.2, 0) is 17.6 Å². The van der Waals surface area contributed by atoms with E-state index < -0.39 is 5.67 Å². The van der Waals surface area contributed by atoms with Gasteiger partial charge in [0.2, 0.25) is 0 Å². The third-order valence-electron chi connectivity index (χ3n) is 3.03. The molecule has 0 N–H and O–H groups in total. The zero-order chi connectivity index (χ0) is 12.3. The standard InChI is InChI=1S/C14H19FO2/c1-14(15)9-12-8-11(4-3-7-16-2)5-6-13(12)17-10-14/h5-6,8H,3-4,7,9-10H2,1-2H3. The van der Waals surface area contributed by atoms with Gasteiger partial charge in [0.1, 0.15) is 18.0 Å². The minimum atomic E-state index is -1.24. The highest BCUT2D eigenvalue weighted by Gasteiger charge is 2.30. The van der Waals surface area contributed by atoms with E-state index in [-0.39, 0.29) is 6.61 Å². The Labute approximate surface area is 102 Å². The zero-order valence-corrected chi connectivity index (χ0v) is 10.5. The molecule has 0 amide bonds. The molecule has 1 aliphatic heterocycles. The van der Waals surface area contributed by atoms with Gasteiger partial charge in [-0.1, -0.05) is 12.1 Å². The number of halogens is 1. The summed E-state index contributed by atoms with van der Waals surface area (Å²) >= 11 is 0. The van der Waals surface area contributed by atoms with Gasteiger partial charge >= 0.3 is 0 Å². The molecule has 1 unspecified atom stereocenters. The van der Waals surface area contributed by atoms with Crippen molar-refractivity contribution in [2.24, 2.45) is 0 Å². The van der Waals surface area contributed by atoms with Gasteiger partial charge in [-0.25, -0.2) is 4.39 Å². The fourth-order valence-corrected chi connectivity index (χ4v) is 2.16. The van der Waals surface area contributed by atoms with Crippen LogP contribution in [0.15, 0.2) is 18.2 Å². The first-order valence-electron chi connectivity index (χ1n) is 6.03. The van der Waals surface area contributed by atoms with Crippen LogP contribution in [0.1, 0.15) is 24.5 Å². The van der Waals surface area contributed by atoms with E-state index in [4.69, 9.17) is 9.47 Å². The van der Waals surface area contributed by atoms with Crippen molar-refractivity contribution in [2.75, 3.05) is 20.3 Å². The van der Waals surface area contributed by atoms with E-state index in [1.807, 2.05) is 6.07 Å². The molecule has 0 spiro atoms. The number of fused-ring (bicyclic) bond motifs is 1. The Kier molecular flexibility index (Phi) is 3.67. The second-order valence-corrected chi connectivity index (χ2v) is 4.92. The molecule has 1 aromatic carbocycles. The highest BCUT2D eigenvalue weighted by atomic mass is 19.1. The number of methoxy groups -OCH3 is 1. The van der Waals surface area contributed by atoms with Crippen molar-refractivity contribution in [3.63, 3.8) is 0 Å². The lowest BCUT2D eigenvalue weighted by Crippen LogP contribution is -2.34. The van der Waals surface area contributed by atoms with Crippen molar-refractivity contribution in [2.45, 2.75) is 31.9 Å². The van der Waals surface area contributed by atoms with Crippen LogP contribution in [0.5, 0.6) is 5.75 Å². The summed E-state index contributed by atoms with van der Waals surface area (Å²) in [6.07, 6.45) is 2.40. The second-order valence-electron chi connectivity index (χ2n) is 4.92.